The van der Waals surface area contributed by atoms with Crippen LogP contribution < -0.4 is 10.6 Å². The SMILES string of the molecule is CCC(CC(=O)NC(C(=O)Nc1ccn[nH]1)c1ccccc1)c1ccccc1. The van der Waals surface area contributed by atoms with Gasteiger partial charge in [-0.2, -0.15) is 5.10 Å². The van der Waals surface area contributed by atoms with Crippen LogP contribution in [-0.4, -0.2) is 22.0 Å². The Bertz CT molecular complexity index is 879. The van der Waals surface area contributed by atoms with Crippen molar-refractivity contribution in [3.63, 3.8) is 0 Å². The van der Waals surface area contributed by atoms with Gasteiger partial charge in [0.15, 0.2) is 0 Å². The largest absolute Gasteiger partial charge is 0.341 e. The van der Waals surface area contributed by atoms with Crippen LogP contribution in [0.3, 0.4) is 0 Å². The number of rotatable bonds is 8. The van der Waals surface area contributed by atoms with Crippen LogP contribution in [0.25, 0.3) is 0 Å². The number of benzene rings is 2. The van der Waals surface area contributed by atoms with Crippen molar-refractivity contribution in [2.24, 2.45) is 0 Å². The average molecular weight is 376 g/mol. The zero-order valence-corrected chi connectivity index (χ0v) is 15.8. The summed E-state index contributed by atoms with van der Waals surface area (Å²) in [6.07, 6.45) is 2.71. The molecule has 6 nitrogen and oxygen atoms in total. The summed E-state index contributed by atoms with van der Waals surface area (Å²) in [4.78, 5) is 25.6. The topological polar surface area (TPSA) is 86.9 Å². The van der Waals surface area contributed by atoms with E-state index in [-0.39, 0.29) is 17.7 Å². The zero-order valence-electron chi connectivity index (χ0n) is 15.8. The number of hydrogen-bond donors (Lipinski definition) is 3. The number of anilines is 1. The molecule has 0 aliphatic carbocycles. The molecule has 3 aromatic rings. The van der Waals surface area contributed by atoms with Crippen LogP contribution in [0.2, 0.25) is 0 Å². The van der Waals surface area contributed by atoms with E-state index in [1.807, 2.05) is 60.7 Å². The Balaban J connectivity index is 1.73. The predicted molar refractivity (Wildman–Crippen MR) is 109 cm³/mol. The molecule has 0 fully saturated rings. The Morgan fingerprint density at radius 2 is 1.61 bits per heavy atom. The van der Waals surface area contributed by atoms with Gasteiger partial charge in [0.1, 0.15) is 11.9 Å². The first-order valence-corrected chi connectivity index (χ1v) is 9.37. The second-order valence-electron chi connectivity index (χ2n) is 6.59. The minimum absolute atomic E-state index is 0.105. The Labute approximate surface area is 164 Å². The molecule has 2 aromatic carbocycles. The van der Waals surface area contributed by atoms with E-state index in [0.717, 1.165) is 17.5 Å². The number of nitrogens with zero attached hydrogens (tertiary/aromatic N) is 1. The molecule has 3 N–H and O–H groups in total. The van der Waals surface area contributed by atoms with E-state index < -0.39 is 6.04 Å². The molecule has 144 valence electrons. The molecule has 0 aliphatic rings. The van der Waals surface area contributed by atoms with Crippen molar-refractivity contribution in [2.45, 2.75) is 31.7 Å². The van der Waals surface area contributed by atoms with E-state index >= 15 is 0 Å². The van der Waals surface area contributed by atoms with Gasteiger partial charge >= 0.3 is 0 Å². The molecule has 0 saturated heterocycles. The van der Waals surface area contributed by atoms with E-state index in [1.165, 1.54) is 0 Å². The highest BCUT2D eigenvalue weighted by molar-refractivity contribution is 5.97. The summed E-state index contributed by atoms with van der Waals surface area (Å²) in [5.74, 6) is 0.102. The molecular weight excluding hydrogens is 352 g/mol. The molecule has 0 saturated carbocycles. The standard InChI is InChI=1S/C22H24N4O2/c1-2-16(17-9-5-3-6-10-17)15-20(27)25-21(18-11-7-4-8-12-18)22(28)24-19-13-14-23-26-19/h3-14,16,21H,2,15H2,1H3,(H,25,27)(H2,23,24,26,28). The second kappa shape index (κ2) is 9.50. The number of nitrogens with one attached hydrogen (secondary N) is 3. The van der Waals surface area contributed by atoms with E-state index in [0.29, 0.717) is 12.2 Å². The molecule has 2 amide bonds. The summed E-state index contributed by atoms with van der Waals surface area (Å²) in [7, 11) is 0. The fraction of sp³-hybridized carbons (Fsp3) is 0.227. The van der Waals surface area contributed by atoms with Crippen LogP contribution in [0.5, 0.6) is 0 Å². The van der Waals surface area contributed by atoms with Crippen LogP contribution >= 0.6 is 0 Å². The molecule has 0 spiro atoms. The molecule has 0 radical (unpaired) electrons. The van der Waals surface area contributed by atoms with Gasteiger partial charge in [-0.15, -0.1) is 0 Å². The lowest BCUT2D eigenvalue weighted by Gasteiger charge is -2.21. The predicted octanol–water partition coefficient (Wildman–Crippen LogP) is 3.79. The van der Waals surface area contributed by atoms with Crippen LogP contribution in [0.4, 0.5) is 5.82 Å². The minimum Gasteiger partial charge on any atom is -0.341 e. The van der Waals surface area contributed by atoms with E-state index in [1.54, 1.807) is 12.3 Å². The van der Waals surface area contributed by atoms with Crippen LogP contribution in [0.15, 0.2) is 72.9 Å². The Morgan fingerprint density at radius 1 is 0.964 bits per heavy atom. The molecule has 1 aromatic heterocycles. The number of H-pyrrole nitrogens is 1. The minimum atomic E-state index is -0.787. The maximum atomic E-state index is 12.8. The lowest BCUT2D eigenvalue weighted by molar-refractivity contribution is -0.127. The first-order valence-electron chi connectivity index (χ1n) is 9.37. The number of amides is 2. The van der Waals surface area contributed by atoms with Crippen molar-refractivity contribution in [3.05, 3.63) is 84.1 Å². The number of aromatic nitrogens is 2. The van der Waals surface area contributed by atoms with Crippen LogP contribution in [0, 0.1) is 0 Å². The second-order valence-corrected chi connectivity index (χ2v) is 6.59. The quantitative estimate of drug-likeness (QED) is 0.559. The van der Waals surface area contributed by atoms with E-state index in [2.05, 4.69) is 27.8 Å². The van der Waals surface area contributed by atoms with Gasteiger partial charge in [-0.3, -0.25) is 14.7 Å². The van der Waals surface area contributed by atoms with Gasteiger partial charge in [0, 0.05) is 12.5 Å². The highest BCUT2D eigenvalue weighted by Crippen LogP contribution is 2.24. The molecule has 0 aliphatic heterocycles. The molecule has 0 bridgehead atoms. The number of carbonyl (C=O) groups excluding carboxylic acids is 2. The lowest BCUT2D eigenvalue weighted by atomic mass is 9.92. The Kier molecular flexibility index (Phi) is 6.57. The van der Waals surface area contributed by atoms with Crippen molar-refractivity contribution >= 4 is 17.6 Å². The summed E-state index contributed by atoms with van der Waals surface area (Å²) in [6, 6.07) is 20.0. The summed E-state index contributed by atoms with van der Waals surface area (Å²) in [6.45, 7) is 2.06. The molecule has 3 rings (SSSR count). The van der Waals surface area contributed by atoms with Gasteiger partial charge in [-0.1, -0.05) is 67.6 Å². The normalized spacial score (nSPS) is 12.8. The third-order valence-electron chi connectivity index (χ3n) is 4.65. The molecule has 2 unspecified atom stereocenters. The summed E-state index contributed by atoms with van der Waals surface area (Å²) >= 11 is 0. The summed E-state index contributed by atoms with van der Waals surface area (Å²) in [5, 5.41) is 12.2. The van der Waals surface area contributed by atoms with Crippen LogP contribution in [-0.2, 0) is 9.59 Å². The molecule has 1 heterocycles. The molecular formula is C22H24N4O2. The van der Waals surface area contributed by atoms with Gasteiger partial charge in [0.25, 0.3) is 5.91 Å². The van der Waals surface area contributed by atoms with Crippen molar-refractivity contribution in [1.29, 1.82) is 0 Å². The van der Waals surface area contributed by atoms with Crippen LogP contribution in [0.1, 0.15) is 42.9 Å². The first-order chi connectivity index (χ1) is 13.7. The fourth-order valence-corrected chi connectivity index (χ4v) is 3.14. The number of hydrogen-bond acceptors (Lipinski definition) is 3. The van der Waals surface area contributed by atoms with Gasteiger partial charge in [-0.05, 0) is 23.5 Å². The van der Waals surface area contributed by atoms with Crippen molar-refractivity contribution < 1.29 is 9.59 Å². The maximum absolute atomic E-state index is 12.8. The molecule has 28 heavy (non-hydrogen) atoms. The van der Waals surface area contributed by atoms with Gasteiger partial charge < -0.3 is 10.6 Å². The zero-order chi connectivity index (χ0) is 19.8. The monoisotopic (exact) mass is 376 g/mol. The van der Waals surface area contributed by atoms with Crippen molar-refractivity contribution in [1.82, 2.24) is 15.5 Å². The summed E-state index contributed by atoms with van der Waals surface area (Å²) in [5.41, 5.74) is 1.85. The highest BCUT2D eigenvalue weighted by atomic mass is 16.2. The van der Waals surface area contributed by atoms with Crippen molar-refractivity contribution in [2.75, 3.05) is 5.32 Å². The average Bonchev–Trinajstić information content (AvgIpc) is 3.24. The lowest BCUT2D eigenvalue weighted by Crippen LogP contribution is -2.37. The van der Waals surface area contributed by atoms with E-state index in [9.17, 15) is 9.59 Å². The molecule has 6 heteroatoms. The number of aromatic amines is 1. The van der Waals surface area contributed by atoms with Gasteiger partial charge in [0.05, 0.1) is 6.20 Å². The Morgan fingerprint density at radius 3 is 2.18 bits per heavy atom. The summed E-state index contributed by atoms with van der Waals surface area (Å²) < 4.78 is 0. The molecule has 2 atom stereocenters. The first kappa shape index (κ1) is 19.4. The van der Waals surface area contributed by atoms with Gasteiger partial charge in [0.2, 0.25) is 5.91 Å². The Hall–Kier alpha value is -3.41. The number of carbonyl (C=O) groups is 2. The maximum Gasteiger partial charge on any atom is 0.252 e. The third-order valence-corrected chi connectivity index (χ3v) is 4.65. The van der Waals surface area contributed by atoms with E-state index in [4.69, 9.17) is 0 Å². The third kappa shape index (κ3) is 5.07. The highest BCUT2D eigenvalue weighted by Gasteiger charge is 2.24. The van der Waals surface area contributed by atoms with Crippen molar-refractivity contribution in [3.8, 4) is 0 Å². The van der Waals surface area contributed by atoms with Gasteiger partial charge in [-0.25, -0.2) is 0 Å². The smallest absolute Gasteiger partial charge is 0.252 e. The fourth-order valence-electron chi connectivity index (χ4n) is 3.14.